The van der Waals surface area contributed by atoms with Crippen molar-refractivity contribution < 1.29 is 9.59 Å². The van der Waals surface area contributed by atoms with Crippen LogP contribution in [0.5, 0.6) is 0 Å². The molecule has 5 rings (SSSR count). The molecule has 3 aromatic rings. The van der Waals surface area contributed by atoms with Gasteiger partial charge in [-0.05, 0) is 55.6 Å². The molecular weight excluding hydrogens is 460 g/mol. The van der Waals surface area contributed by atoms with Crippen molar-refractivity contribution in [2.45, 2.75) is 12.8 Å². The highest BCUT2D eigenvalue weighted by molar-refractivity contribution is 6.30. The SMILES string of the molecule is O=C(CN1CCC(C(=O)N2CCN(c3cccc(Cl)c3)CC2)CC1)Nc1cccc2ccccc12. The molecule has 2 aliphatic heterocycles. The summed E-state index contributed by atoms with van der Waals surface area (Å²) in [6.07, 6.45) is 1.60. The smallest absolute Gasteiger partial charge is 0.238 e. The lowest BCUT2D eigenvalue weighted by molar-refractivity contribution is -0.137. The van der Waals surface area contributed by atoms with Crippen LogP contribution in [0.3, 0.4) is 0 Å². The average Bonchev–Trinajstić information content (AvgIpc) is 2.89. The van der Waals surface area contributed by atoms with Crippen LogP contribution in [-0.2, 0) is 9.59 Å². The molecule has 0 spiro atoms. The van der Waals surface area contributed by atoms with Crippen molar-refractivity contribution in [1.82, 2.24) is 9.80 Å². The van der Waals surface area contributed by atoms with E-state index in [9.17, 15) is 9.59 Å². The molecule has 0 aromatic heterocycles. The fourth-order valence-corrected chi connectivity index (χ4v) is 5.37. The van der Waals surface area contributed by atoms with Gasteiger partial charge in [0.15, 0.2) is 0 Å². The van der Waals surface area contributed by atoms with Gasteiger partial charge in [0.05, 0.1) is 6.54 Å². The second-order valence-electron chi connectivity index (χ2n) is 9.42. The second kappa shape index (κ2) is 10.7. The van der Waals surface area contributed by atoms with E-state index in [4.69, 9.17) is 11.6 Å². The van der Waals surface area contributed by atoms with Gasteiger partial charge in [-0.1, -0.05) is 54.1 Å². The maximum atomic E-state index is 13.1. The molecule has 0 aliphatic carbocycles. The first-order valence-corrected chi connectivity index (χ1v) is 12.7. The van der Waals surface area contributed by atoms with Crippen molar-refractivity contribution in [2.24, 2.45) is 5.92 Å². The van der Waals surface area contributed by atoms with Crippen molar-refractivity contribution in [2.75, 3.05) is 56.0 Å². The highest BCUT2D eigenvalue weighted by Crippen LogP contribution is 2.25. The third-order valence-electron chi connectivity index (χ3n) is 7.13. The van der Waals surface area contributed by atoms with Crippen LogP contribution < -0.4 is 10.2 Å². The van der Waals surface area contributed by atoms with Crippen molar-refractivity contribution in [1.29, 1.82) is 0 Å². The number of hydrogen-bond donors (Lipinski definition) is 1. The first-order chi connectivity index (χ1) is 17.1. The lowest BCUT2D eigenvalue weighted by atomic mass is 9.95. The van der Waals surface area contributed by atoms with E-state index in [1.165, 1.54) is 0 Å². The molecule has 0 unspecified atom stereocenters. The Hall–Kier alpha value is -3.09. The summed E-state index contributed by atoms with van der Waals surface area (Å²) in [5, 5.41) is 5.96. The number of anilines is 2. The molecule has 2 fully saturated rings. The van der Waals surface area contributed by atoms with Crippen LogP contribution in [0.1, 0.15) is 12.8 Å². The van der Waals surface area contributed by atoms with Gasteiger partial charge in [-0.2, -0.15) is 0 Å². The lowest BCUT2D eigenvalue weighted by Gasteiger charge is -2.39. The monoisotopic (exact) mass is 490 g/mol. The van der Waals surface area contributed by atoms with Gasteiger partial charge >= 0.3 is 0 Å². The number of nitrogens with zero attached hydrogens (tertiary/aromatic N) is 3. The fourth-order valence-electron chi connectivity index (χ4n) is 5.18. The molecule has 2 aliphatic rings. The highest BCUT2D eigenvalue weighted by Gasteiger charge is 2.31. The van der Waals surface area contributed by atoms with Crippen molar-refractivity contribution in [3.05, 3.63) is 71.8 Å². The number of carbonyl (C=O) groups excluding carboxylic acids is 2. The Bertz CT molecular complexity index is 1200. The van der Waals surface area contributed by atoms with Crippen LogP contribution in [-0.4, -0.2) is 67.4 Å². The molecule has 3 aromatic carbocycles. The minimum atomic E-state index is -0.0109. The van der Waals surface area contributed by atoms with Gasteiger partial charge in [-0.25, -0.2) is 0 Å². The van der Waals surface area contributed by atoms with Crippen molar-refractivity contribution >= 4 is 45.6 Å². The number of rotatable bonds is 5. The zero-order chi connectivity index (χ0) is 24.2. The number of hydrogen-bond acceptors (Lipinski definition) is 4. The molecule has 0 atom stereocenters. The molecule has 35 heavy (non-hydrogen) atoms. The Morgan fingerprint density at radius 3 is 2.34 bits per heavy atom. The Morgan fingerprint density at radius 1 is 0.857 bits per heavy atom. The van der Waals surface area contributed by atoms with E-state index in [0.29, 0.717) is 6.54 Å². The molecule has 2 saturated heterocycles. The topological polar surface area (TPSA) is 55.9 Å². The third kappa shape index (κ3) is 5.60. The van der Waals surface area contributed by atoms with Gasteiger partial charge < -0.3 is 15.1 Å². The molecule has 2 amide bonds. The van der Waals surface area contributed by atoms with E-state index in [1.54, 1.807) is 0 Å². The van der Waals surface area contributed by atoms with E-state index in [-0.39, 0.29) is 17.7 Å². The van der Waals surface area contributed by atoms with Crippen LogP contribution in [0, 0.1) is 5.92 Å². The summed E-state index contributed by atoms with van der Waals surface area (Å²) >= 11 is 6.13. The fraction of sp³-hybridized carbons (Fsp3) is 0.357. The number of likely N-dealkylation sites (tertiary alicyclic amines) is 1. The summed E-state index contributed by atoms with van der Waals surface area (Å²) in [7, 11) is 0. The van der Waals surface area contributed by atoms with Gasteiger partial charge in [0.25, 0.3) is 0 Å². The number of fused-ring (bicyclic) bond motifs is 1. The Labute approximate surface area is 211 Å². The normalized spacial score (nSPS) is 17.5. The zero-order valence-corrected chi connectivity index (χ0v) is 20.6. The summed E-state index contributed by atoms with van der Waals surface area (Å²) in [4.78, 5) is 32.3. The zero-order valence-electron chi connectivity index (χ0n) is 19.8. The summed E-state index contributed by atoms with van der Waals surface area (Å²) in [6, 6.07) is 21.9. The van der Waals surface area contributed by atoms with Crippen LogP contribution in [0.2, 0.25) is 5.02 Å². The minimum absolute atomic E-state index is 0.0109. The summed E-state index contributed by atoms with van der Waals surface area (Å²) < 4.78 is 0. The molecule has 6 nitrogen and oxygen atoms in total. The van der Waals surface area contributed by atoms with Crippen LogP contribution in [0.15, 0.2) is 66.7 Å². The number of nitrogens with one attached hydrogen (secondary N) is 1. The Morgan fingerprint density at radius 2 is 1.57 bits per heavy atom. The van der Waals surface area contributed by atoms with Crippen LogP contribution in [0.4, 0.5) is 11.4 Å². The van der Waals surface area contributed by atoms with E-state index in [2.05, 4.69) is 21.2 Å². The quantitative estimate of drug-likeness (QED) is 0.572. The first-order valence-electron chi connectivity index (χ1n) is 12.4. The van der Waals surface area contributed by atoms with Crippen LogP contribution in [0.25, 0.3) is 10.8 Å². The van der Waals surface area contributed by atoms with Crippen molar-refractivity contribution in [3.8, 4) is 0 Å². The molecule has 2 heterocycles. The maximum Gasteiger partial charge on any atom is 0.238 e. The van der Waals surface area contributed by atoms with Gasteiger partial charge in [0.1, 0.15) is 0 Å². The van der Waals surface area contributed by atoms with E-state index in [0.717, 1.165) is 79.3 Å². The number of piperidine rings is 1. The number of piperazine rings is 1. The molecule has 0 bridgehead atoms. The van der Waals surface area contributed by atoms with E-state index >= 15 is 0 Å². The molecule has 0 saturated carbocycles. The van der Waals surface area contributed by atoms with Crippen molar-refractivity contribution in [3.63, 3.8) is 0 Å². The van der Waals surface area contributed by atoms with Crippen LogP contribution >= 0.6 is 11.6 Å². The average molecular weight is 491 g/mol. The first kappa shape index (κ1) is 23.6. The van der Waals surface area contributed by atoms with Gasteiger partial charge in [0.2, 0.25) is 11.8 Å². The van der Waals surface area contributed by atoms with Gasteiger partial charge in [-0.3, -0.25) is 14.5 Å². The number of amides is 2. The molecule has 0 radical (unpaired) electrons. The number of halogens is 1. The number of carbonyl (C=O) groups is 2. The summed E-state index contributed by atoms with van der Waals surface area (Å²) in [5.41, 5.74) is 1.95. The molecule has 1 N–H and O–H groups in total. The molecule has 7 heteroatoms. The molecular formula is C28H31ClN4O2. The summed E-state index contributed by atoms with van der Waals surface area (Å²) in [6.45, 7) is 4.99. The number of benzene rings is 3. The second-order valence-corrected chi connectivity index (χ2v) is 9.85. The lowest BCUT2D eigenvalue weighted by Crippen LogP contribution is -2.52. The third-order valence-corrected chi connectivity index (χ3v) is 7.37. The van der Waals surface area contributed by atoms with Gasteiger partial charge in [0, 0.05) is 53.9 Å². The predicted molar refractivity (Wildman–Crippen MR) is 142 cm³/mol. The maximum absolute atomic E-state index is 13.1. The van der Waals surface area contributed by atoms with E-state index < -0.39 is 0 Å². The Kier molecular flexibility index (Phi) is 7.21. The van der Waals surface area contributed by atoms with Gasteiger partial charge in [-0.15, -0.1) is 0 Å². The van der Waals surface area contributed by atoms with E-state index in [1.807, 2.05) is 65.6 Å². The standard InChI is InChI=1S/C28H31ClN4O2/c29-23-7-4-8-24(19-23)32-15-17-33(18-16-32)28(35)22-11-13-31(14-12-22)20-27(34)30-26-10-3-6-21-5-1-2-9-25(21)26/h1-10,19,22H,11-18,20H2,(H,30,34). The largest absolute Gasteiger partial charge is 0.368 e. The minimum Gasteiger partial charge on any atom is -0.368 e. The molecule has 182 valence electrons. The Balaban J connectivity index is 1.08. The highest BCUT2D eigenvalue weighted by atomic mass is 35.5. The summed E-state index contributed by atoms with van der Waals surface area (Å²) in [5.74, 6) is 0.295. The predicted octanol–water partition coefficient (Wildman–Crippen LogP) is 4.49.